The molecule has 200 valence electrons. The number of carbonyl (C=O) groups excluding carboxylic acids is 1. The molecule has 0 saturated carbocycles. The maximum Gasteiger partial charge on any atom is 0.254 e. The van der Waals surface area contributed by atoms with Crippen LogP contribution in [0.4, 0.5) is 17.2 Å². The van der Waals surface area contributed by atoms with Crippen molar-refractivity contribution in [1.29, 1.82) is 0 Å². The quantitative estimate of drug-likeness (QED) is 0.397. The summed E-state index contributed by atoms with van der Waals surface area (Å²) in [6.45, 7) is 4.32. The van der Waals surface area contributed by atoms with Gasteiger partial charge in [0.2, 0.25) is 0 Å². The number of ether oxygens (including phenoxy) is 1. The van der Waals surface area contributed by atoms with Crippen molar-refractivity contribution in [2.45, 2.75) is 32.4 Å². The zero-order valence-corrected chi connectivity index (χ0v) is 22.3. The molecule has 0 spiro atoms. The van der Waals surface area contributed by atoms with E-state index in [9.17, 15) is 4.79 Å². The van der Waals surface area contributed by atoms with Gasteiger partial charge in [-0.2, -0.15) is 0 Å². The molecular weight excluding hydrogens is 492 g/mol. The number of aromatic nitrogens is 4. The Morgan fingerprint density at radius 2 is 1.92 bits per heavy atom. The zero-order valence-electron chi connectivity index (χ0n) is 22.3. The maximum absolute atomic E-state index is 13.1. The van der Waals surface area contributed by atoms with Gasteiger partial charge in [0.05, 0.1) is 35.8 Å². The third kappa shape index (κ3) is 4.20. The Morgan fingerprint density at radius 3 is 2.77 bits per heavy atom. The van der Waals surface area contributed by atoms with E-state index in [1.54, 1.807) is 0 Å². The summed E-state index contributed by atoms with van der Waals surface area (Å²) in [4.78, 5) is 22.5. The highest BCUT2D eigenvalue weighted by atomic mass is 16.5. The van der Waals surface area contributed by atoms with Gasteiger partial charge in [0.15, 0.2) is 11.5 Å². The number of carbonyl (C=O) groups is 1. The Balaban J connectivity index is 1.27. The first-order valence-electron chi connectivity index (χ1n) is 13.6. The summed E-state index contributed by atoms with van der Waals surface area (Å²) in [5.41, 5.74) is 8.85. The lowest BCUT2D eigenvalue weighted by Gasteiger charge is -2.31. The molecule has 1 saturated heterocycles. The number of amides is 1. The summed E-state index contributed by atoms with van der Waals surface area (Å²) in [6, 6.07) is 12.3. The van der Waals surface area contributed by atoms with Gasteiger partial charge in [-0.15, -0.1) is 10.2 Å². The van der Waals surface area contributed by atoms with Gasteiger partial charge in [0, 0.05) is 37.4 Å². The minimum absolute atomic E-state index is 0.0909. The lowest BCUT2D eigenvalue weighted by Crippen LogP contribution is -2.37. The van der Waals surface area contributed by atoms with Crippen LogP contribution in [0.2, 0.25) is 0 Å². The molecule has 0 bridgehead atoms. The molecule has 2 aliphatic heterocycles. The van der Waals surface area contributed by atoms with E-state index in [1.165, 1.54) is 11.3 Å². The Kier molecular flexibility index (Phi) is 5.93. The van der Waals surface area contributed by atoms with Gasteiger partial charge in [-0.25, -0.2) is 4.98 Å². The molecule has 10 nitrogen and oxygen atoms in total. The summed E-state index contributed by atoms with van der Waals surface area (Å²) >= 11 is 0. The van der Waals surface area contributed by atoms with Gasteiger partial charge >= 0.3 is 0 Å². The van der Waals surface area contributed by atoms with Crippen LogP contribution in [-0.4, -0.2) is 70.8 Å². The van der Waals surface area contributed by atoms with Crippen LogP contribution < -0.4 is 15.5 Å². The number of pyridine rings is 2. The van der Waals surface area contributed by atoms with Crippen LogP contribution in [0, 0.1) is 0 Å². The molecule has 0 atom stereocenters. The standard InChI is InChI=1S/C29H32N8O2/c1-35(2)17-22-24(36-12-14-39-15-13-36)9-10-25(32-22)31-21-8-7-19(20-16-30-29(38)27(20)21)28-34-33-26-11-6-18-4-3-5-23(18)37(26)28/h6-11H,3-5,12-17H2,1-2H3,(H,30,38)(H,31,32). The van der Waals surface area contributed by atoms with E-state index in [0.29, 0.717) is 24.5 Å². The van der Waals surface area contributed by atoms with Crippen molar-refractivity contribution < 1.29 is 9.53 Å². The normalized spacial score (nSPS) is 16.6. The predicted octanol–water partition coefficient (Wildman–Crippen LogP) is 3.17. The van der Waals surface area contributed by atoms with Crippen molar-refractivity contribution in [2.75, 3.05) is 50.6 Å². The summed E-state index contributed by atoms with van der Waals surface area (Å²) in [7, 11) is 4.09. The van der Waals surface area contributed by atoms with Crippen LogP contribution >= 0.6 is 0 Å². The van der Waals surface area contributed by atoms with Gasteiger partial charge in [0.25, 0.3) is 5.91 Å². The average molecular weight is 525 g/mol. The molecule has 0 unspecified atom stereocenters. The summed E-state index contributed by atoms with van der Waals surface area (Å²) in [6.07, 6.45) is 3.23. The number of rotatable bonds is 6. The number of fused-ring (bicyclic) bond motifs is 4. The molecule has 4 aromatic rings. The van der Waals surface area contributed by atoms with Gasteiger partial charge < -0.3 is 25.2 Å². The van der Waals surface area contributed by atoms with Gasteiger partial charge in [0.1, 0.15) is 5.82 Å². The van der Waals surface area contributed by atoms with E-state index in [2.05, 4.69) is 53.2 Å². The number of hydrogen-bond acceptors (Lipinski definition) is 8. The minimum atomic E-state index is -0.0909. The molecule has 0 radical (unpaired) electrons. The molecule has 5 heterocycles. The largest absolute Gasteiger partial charge is 0.378 e. The Hall–Kier alpha value is -4.02. The number of nitrogens with one attached hydrogen (secondary N) is 2. The van der Waals surface area contributed by atoms with E-state index in [0.717, 1.165) is 85.2 Å². The van der Waals surface area contributed by atoms with Crippen LogP contribution in [0.15, 0.2) is 36.4 Å². The lowest BCUT2D eigenvalue weighted by atomic mass is 10.00. The first kappa shape index (κ1) is 24.1. The number of benzene rings is 1. The zero-order chi connectivity index (χ0) is 26.5. The third-order valence-electron chi connectivity index (χ3n) is 7.86. The monoisotopic (exact) mass is 524 g/mol. The number of aryl methyl sites for hydroxylation is 2. The average Bonchev–Trinajstić information content (AvgIpc) is 3.68. The van der Waals surface area contributed by atoms with Crippen LogP contribution in [0.25, 0.3) is 17.0 Å². The molecule has 1 amide bonds. The first-order chi connectivity index (χ1) is 19.1. The van der Waals surface area contributed by atoms with E-state index in [1.807, 2.05) is 32.3 Å². The molecule has 1 aromatic carbocycles. The molecule has 10 heteroatoms. The fraction of sp³-hybridized carbons (Fsp3) is 0.379. The number of nitrogens with zero attached hydrogens (tertiary/aromatic N) is 6. The van der Waals surface area contributed by atoms with Crippen molar-refractivity contribution in [1.82, 2.24) is 29.8 Å². The highest BCUT2D eigenvalue weighted by Crippen LogP contribution is 2.36. The molecule has 1 aliphatic carbocycles. The second-order valence-corrected chi connectivity index (χ2v) is 10.7. The van der Waals surface area contributed by atoms with E-state index in [-0.39, 0.29) is 5.91 Å². The number of hydrogen-bond donors (Lipinski definition) is 2. The van der Waals surface area contributed by atoms with Crippen molar-refractivity contribution in [3.63, 3.8) is 0 Å². The summed E-state index contributed by atoms with van der Waals surface area (Å²) in [5.74, 6) is 1.42. The fourth-order valence-electron chi connectivity index (χ4n) is 6.08. The Bertz CT molecular complexity index is 1590. The Labute approximate surface area is 227 Å². The maximum atomic E-state index is 13.1. The summed E-state index contributed by atoms with van der Waals surface area (Å²) < 4.78 is 7.72. The molecule has 2 N–H and O–H groups in total. The predicted molar refractivity (Wildman–Crippen MR) is 150 cm³/mol. The first-order valence-corrected chi connectivity index (χ1v) is 13.6. The van der Waals surface area contributed by atoms with Crippen LogP contribution in [0.1, 0.15) is 39.3 Å². The van der Waals surface area contributed by atoms with Crippen molar-refractivity contribution >= 4 is 28.7 Å². The van der Waals surface area contributed by atoms with E-state index < -0.39 is 0 Å². The SMILES string of the molecule is CN(C)Cc1nc(Nc2ccc(-c3nnc4ccc5c(n34)CCC5)c3c2C(=O)NC3)ccc1N1CCOCC1. The fourth-order valence-corrected chi connectivity index (χ4v) is 6.08. The molecular formula is C29H32N8O2. The second-order valence-electron chi connectivity index (χ2n) is 10.7. The second kappa shape index (κ2) is 9.62. The van der Waals surface area contributed by atoms with E-state index >= 15 is 0 Å². The topological polar surface area (TPSA) is 99.9 Å². The molecule has 1 fully saturated rings. The lowest BCUT2D eigenvalue weighted by molar-refractivity contribution is 0.0966. The molecule has 39 heavy (non-hydrogen) atoms. The highest BCUT2D eigenvalue weighted by Gasteiger charge is 2.29. The highest BCUT2D eigenvalue weighted by molar-refractivity contribution is 6.06. The summed E-state index contributed by atoms with van der Waals surface area (Å²) in [5, 5.41) is 15.5. The van der Waals surface area contributed by atoms with Crippen molar-refractivity contribution in [2.24, 2.45) is 0 Å². The van der Waals surface area contributed by atoms with Crippen molar-refractivity contribution in [3.05, 3.63) is 64.5 Å². The van der Waals surface area contributed by atoms with E-state index in [4.69, 9.17) is 9.72 Å². The molecule has 3 aliphatic rings. The number of anilines is 3. The number of morpholine rings is 1. The third-order valence-corrected chi connectivity index (χ3v) is 7.86. The minimum Gasteiger partial charge on any atom is -0.378 e. The van der Waals surface area contributed by atoms with Crippen LogP contribution in [0.5, 0.6) is 0 Å². The van der Waals surface area contributed by atoms with Crippen LogP contribution in [-0.2, 0) is 30.7 Å². The van der Waals surface area contributed by atoms with Gasteiger partial charge in [-0.3, -0.25) is 9.20 Å². The molecule has 3 aromatic heterocycles. The van der Waals surface area contributed by atoms with Crippen LogP contribution in [0.3, 0.4) is 0 Å². The smallest absolute Gasteiger partial charge is 0.254 e. The van der Waals surface area contributed by atoms with Gasteiger partial charge in [-0.1, -0.05) is 6.07 Å². The Morgan fingerprint density at radius 1 is 1.05 bits per heavy atom. The van der Waals surface area contributed by atoms with Crippen molar-refractivity contribution in [3.8, 4) is 11.4 Å². The molecule has 7 rings (SSSR count). The van der Waals surface area contributed by atoms with Gasteiger partial charge in [-0.05, 0) is 74.8 Å².